The predicted molar refractivity (Wildman–Crippen MR) is 88.4 cm³/mol. The molecule has 0 radical (unpaired) electrons. The number of carbonyl (C=O) groups excluding carboxylic acids is 1. The molecule has 5 nitrogen and oxygen atoms in total. The first-order valence-electron chi connectivity index (χ1n) is 7.57. The number of amides is 1. The van der Waals surface area contributed by atoms with Crippen molar-refractivity contribution in [2.45, 2.75) is 26.2 Å². The van der Waals surface area contributed by atoms with Gasteiger partial charge >= 0.3 is 0 Å². The molecule has 1 unspecified atom stereocenters. The van der Waals surface area contributed by atoms with E-state index in [1.165, 1.54) is 22.5 Å². The van der Waals surface area contributed by atoms with Crippen LogP contribution in [0.4, 0.5) is 10.1 Å². The van der Waals surface area contributed by atoms with Crippen molar-refractivity contribution in [2.75, 3.05) is 24.2 Å². The second-order valence-electron chi connectivity index (χ2n) is 5.63. The Morgan fingerprint density at radius 2 is 2.22 bits per heavy atom. The zero-order valence-corrected chi connectivity index (χ0v) is 14.5. The number of anilines is 1. The smallest absolute Gasteiger partial charge is 0.228 e. The van der Waals surface area contributed by atoms with Crippen LogP contribution in [-0.4, -0.2) is 37.5 Å². The van der Waals surface area contributed by atoms with Gasteiger partial charge in [-0.3, -0.25) is 4.79 Å². The molecule has 0 saturated carbocycles. The van der Waals surface area contributed by atoms with Crippen LogP contribution in [0, 0.1) is 11.7 Å². The third-order valence-corrected chi connectivity index (χ3v) is 6.07. The molecule has 1 atom stereocenters. The Morgan fingerprint density at radius 3 is 2.91 bits per heavy atom. The van der Waals surface area contributed by atoms with Crippen molar-refractivity contribution in [2.24, 2.45) is 5.92 Å². The first-order valence-corrected chi connectivity index (χ1v) is 9.56. The maximum absolute atomic E-state index is 13.7. The highest BCUT2D eigenvalue weighted by molar-refractivity contribution is 7.89. The van der Waals surface area contributed by atoms with E-state index < -0.39 is 21.8 Å². The van der Waals surface area contributed by atoms with Gasteiger partial charge in [0.15, 0.2) is 0 Å². The number of carbonyl (C=O) groups is 1. The highest BCUT2D eigenvalue weighted by atomic mass is 35.5. The molecule has 0 spiro atoms. The summed E-state index contributed by atoms with van der Waals surface area (Å²) in [7, 11) is -3.33. The minimum absolute atomic E-state index is 0.0102. The van der Waals surface area contributed by atoms with Gasteiger partial charge in [0.2, 0.25) is 15.9 Å². The molecule has 1 fully saturated rings. The van der Waals surface area contributed by atoms with E-state index in [2.05, 4.69) is 5.32 Å². The lowest BCUT2D eigenvalue weighted by Gasteiger charge is -2.31. The fourth-order valence-corrected chi connectivity index (χ4v) is 4.38. The van der Waals surface area contributed by atoms with Gasteiger partial charge in [0.1, 0.15) is 5.82 Å². The standard InChI is InChI=1S/C15H20ClFN2O3S/c1-2-8-23(21,22)19-7-3-4-11(10-19)15(20)18-14-9-12(16)5-6-13(14)17/h5-6,9,11H,2-4,7-8,10H2,1H3,(H,18,20). The molecule has 2 rings (SSSR count). The molecular weight excluding hydrogens is 343 g/mol. The van der Waals surface area contributed by atoms with Crippen LogP contribution in [0.3, 0.4) is 0 Å². The molecule has 1 aromatic carbocycles. The summed E-state index contributed by atoms with van der Waals surface area (Å²) in [6, 6.07) is 3.91. The zero-order valence-electron chi connectivity index (χ0n) is 12.9. The van der Waals surface area contributed by atoms with Crippen LogP contribution >= 0.6 is 11.6 Å². The Balaban J connectivity index is 2.06. The number of halogens is 2. The van der Waals surface area contributed by atoms with Crippen molar-refractivity contribution >= 4 is 33.2 Å². The molecule has 1 saturated heterocycles. The molecule has 128 valence electrons. The lowest BCUT2D eigenvalue weighted by Crippen LogP contribution is -2.44. The molecule has 8 heteroatoms. The van der Waals surface area contributed by atoms with Crippen LogP contribution in [0.25, 0.3) is 0 Å². The molecule has 0 aliphatic carbocycles. The summed E-state index contributed by atoms with van der Waals surface area (Å²) >= 11 is 5.80. The summed E-state index contributed by atoms with van der Waals surface area (Å²) in [5.74, 6) is -1.38. The lowest BCUT2D eigenvalue weighted by atomic mass is 9.98. The quantitative estimate of drug-likeness (QED) is 0.875. The fraction of sp³-hybridized carbons (Fsp3) is 0.533. The number of benzene rings is 1. The van der Waals surface area contributed by atoms with E-state index in [-0.39, 0.29) is 23.9 Å². The Labute approximate surface area is 140 Å². The molecule has 0 aromatic heterocycles. The number of piperidine rings is 1. The van der Waals surface area contributed by atoms with E-state index in [9.17, 15) is 17.6 Å². The highest BCUT2D eigenvalue weighted by Crippen LogP contribution is 2.24. The van der Waals surface area contributed by atoms with Gasteiger partial charge in [0, 0.05) is 18.1 Å². The molecule has 1 N–H and O–H groups in total. The maximum Gasteiger partial charge on any atom is 0.228 e. The monoisotopic (exact) mass is 362 g/mol. The first-order chi connectivity index (χ1) is 10.8. The van der Waals surface area contributed by atoms with Gasteiger partial charge < -0.3 is 5.32 Å². The Bertz CT molecular complexity index is 681. The summed E-state index contributed by atoms with van der Waals surface area (Å²) in [6.07, 6.45) is 1.72. The fourth-order valence-electron chi connectivity index (χ4n) is 2.62. The molecule has 23 heavy (non-hydrogen) atoms. The summed E-state index contributed by atoms with van der Waals surface area (Å²) in [5, 5.41) is 2.82. The van der Waals surface area contributed by atoms with Gasteiger partial charge in [0.25, 0.3) is 0 Å². The predicted octanol–water partition coefficient (Wildman–Crippen LogP) is 2.87. The van der Waals surface area contributed by atoms with Gasteiger partial charge in [-0.25, -0.2) is 17.1 Å². The van der Waals surface area contributed by atoms with Crippen molar-refractivity contribution in [3.63, 3.8) is 0 Å². The Morgan fingerprint density at radius 1 is 1.48 bits per heavy atom. The number of rotatable bonds is 5. The van der Waals surface area contributed by atoms with Gasteiger partial charge in [-0.2, -0.15) is 0 Å². The summed E-state index contributed by atoms with van der Waals surface area (Å²) in [4.78, 5) is 12.3. The number of nitrogens with one attached hydrogen (secondary N) is 1. The van der Waals surface area contributed by atoms with Crippen LogP contribution in [0.15, 0.2) is 18.2 Å². The highest BCUT2D eigenvalue weighted by Gasteiger charge is 2.32. The van der Waals surface area contributed by atoms with Crippen LogP contribution in [0.1, 0.15) is 26.2 Å². The lowest BCUT2D eigenvalue weighted by molar-refractivity contribution is -0.120. The van der Waals surface area contributed by atoms with E-state index in [1.807, 2.05) is 0 Å². The first kappa shape index (κ1) is 18.2. The van der Waals surface area contributed by atoms with Gasteiger partial charge in [-0.05, 0) is 37.5 Å². The summed E-state index contributed by atoms with van der Waals surface area (Å²) < 4.78 is 39.3. The third kappa shape index (κ3) is 4.65. The van der Waals surface area contributed by atoms with Gasteiger partial charge in [-0.15, -0.1) is 0 Å². The van der Waals surface area contributed by atoms with Crippen molar-refractivity contribution in [3.8, 4) is 0 Å². The zero-order chi connectivity index (χ0) is 17.0. The maximum atomic E-state index is 13.7. The number of sulfonamides is 1. The van der Waals surface area contributed by atoms with Crippen LogP contribution in [0.2, 0.25) is 5.02 Å². The van der Waals surface area contributed by atoms with E-state index in [0.717, 1.165) is 0 Å². The van der Waals surface area contributed by atoms with Crippen LogP contribution in [-0.2, 0) is 14.8 Å². The molecule has 1 aliphatic rings. The second kappa shape index (κ2) is 7.59. The van der Waals surface area contributed by atoms with Crippen molar-refractivity contribution in [3.05, 3.63) is 29.0 Å². The minimum atomic E-state index is -3.33. The van der Waals surface area contributed by atoms with E-state index in [4.69, 9.17) is 11.6 Å². The number of nitrogens with zero attached hydrogens (tertiary/aromatic N) is 1. The molecule has 1 amide bonds. The molecule has 0 bridgehead atoms. The van der Waals surface area contributed by atoms with E-state index >= 15 is 0 Å². The molecular formula is C15H20ClFN2O3S. The topological polar surface area (TPSA) is 66.5 Å². The third-order valence-electron chi connectivity index (χ3n) is 3.80. The molecule has 1 heterocycles. The van der Waals surface area contributed by atoms with Gasteiger partial charge in [-0.1, -0.05) is 18.5 Å². The molecule has 1 aliphatic heterocycles. The Hall–Kier alpha value is -1.18. The largest absolute Gasteiger partial charge is 0.323 e. The second-order valence-corrected chi connectivity index (χ2v) is 8.15. The molecule has 1 aromatic rings. The van der Waals surface area contributed by atoms with Crippen molar-refractivity contribution < 1.29 is 17.6 Å². The van der Waals surface area contributed by atoms with Crippen LogP contribution < -0.4 is 5.32 Å². The normalized spacial score (nSPS) is 19.5. The Kier molecular flexibility index (Phi) is 6.00. The summed E-state index contributed by atoms with van der Waals surface area (Å²) in [6.45, 7) is 2.36. The number of hydrogen-bond acceptors (Lipinski definition) is 3. The average molecular weight is 363 g/mol. The van der Waals surface area contributed by atoms with Gasteiger partial charge in [0.05, 0.1) is 17.4 Å². The average Bonchev–Trinajstić information content (AvgIpc) is 2.51. The van der Waals surface area contributed by atoms with E-state index in [0.29, 0.717) is 30.8 Å². The van der Waals surface area contributed by atoms with Crippen molar-refractivity contribution in [1.29, 1.82) is 0 Å². The van der Waals surface area contributed by atoms with Crippen molar-refractivity contribution in [1.82, 2.24) is 4.31 Å². The minimum Gasteiger partial charge on any atom is -0.323 e. The summed E-state index contributed by atoms with van der Waals surface area (Å²) in [5.41, 5.74) is 0.0102. The van der Waals surface area contributed by atoms with E-state index in [1.54, 1.807) is 6.92 Å². The van der Waals surface area contributed by atoms with Crippen LogP contribution in [0.5, 0.6) is 0 Å². The number of hydrogen-bond donors (Lipinski definition) is 1. The SMILES string of the molecule is CCCS(=O)(=O)N1CCCC(C(=O)Nc2cc(Cl)ccc2F)C1.